The number of aryl methyl sites for hydroxylation is 1. The molecule has 0 spiro atoms. The van der Waals surface area contributed by atoms with Gasteiger partial charge in [0, 0.05) is 17.1 Å². The van der Waals surface area contributed by atoms with Gasteiger partial charge in [-0.1, -0.05) is 0 Å². The van der Waals surface area contributed by atoms with Crippen molar-refractivity contribution in [3.63, 3.8) is 0 Å². The molecule has 0 aliphatic carbocycles. The number of fused-ring (bicyclic) bond motifs is 1. The van der Waals surface area contributed by atoms with E-state index in [0.29, 0.717) is 18.0 Å². The van der Waals surface area contributed by atoms with E-state index in [0.717, 1.165) is 16.6 Å². The van der Waals surface area contributed by atoms with Gasteiger partial charge >= 0.3 is 0 Å². The summed E-state index contributed by atoms with van der Waals surface area (Å²) >= 11 is 0. The van der Waals surface area contributed by atoms with Crippen LogP contribution < -0.4 is 10.5 Å². The highest BCUT2D eigenvalue weighted by atomic mass is 16.5. The topological polar surface area (TPSA) is 63.9 Å². The van der Waals surface area contributed by atoms with Crippen molar-refractivity contribution in [2.75, 3.05) is 12.3 Å². The van der Waals surface area contributed by atoms with Crippen LogP contribution in [0.1, 0.15) is 12.6 Å². The molecule has 0 bridgehead atoms. The maximum absolute atomic E-state index is 5.83. The summed E-state index contributed by atoms with van der Waals surface area (Å²) in [6.07, 6.45) is 0. The summed E-state index contributed by atoms with van der Waals surface area (Å²) in [6, 6.07) is 3.75. The fraction of sp³-hybridized carbons (Fsp3) is 0.300. The number of rotatable bonds is 2. The Morgan fingerprint density at radius 2 is 2.29 bits per heavy atom. The third-order valence-corrected chi connectivity index (χ3v) is 2.18. The van der Waals surface area contributed by atoms with Crippen LogP contribution in [0.2, 0.25) is 0 Å². The van der Waals surface area contributed by atoms with Crippen LogP contribution in [-0.2, 0) is 0 Å². The normalized spacial score (nSPS) is 10.7. The van der Waals surface area contributed by atoms with Crippen molar-refractivity contribution < 1.29 is 4.74 Å². The van der Waals surface area contributed by atoms with Gasteiger partial charge in [0.05, 0.1) is 17.8 Å². The fourth-order valence-electron chi connectivity index (χ4n) is 1.46. The van der Waals surface area contributed by atoms with Crippen molar-refractivity contribution in [3.05, 3.63) is 17.8 Å². The number of aromatic amines is 1. The molecule has 0 radical (unpaired) electrons. The average Bonchev–Trinajstić information content (AvgIpc) is 2.50. The predicted octanol–water partition coefficient (Wildman–Crippen LogP) is 1.85. The molecule has 4 nitrogen and oxygen atoms in total. The smallest absolute Gasteiger partial charge is 0.144 e. The summed E-state index contributed by atoms with van der Waals surface area (Å²) in [5.74, 6) is 0.700. The van der Waals surface area contributed by atoms with Crippen LogP contribution in [0.4, 0.5) is 5.69 Å². The molecule has 0 amide bonds. The lowest BCUT2D eigenvalue weighted by molar-refractivity contribution is 0.342. The van der Waals surface area contributed by atoms with Crippen molar-refractivity contribution in [3.8, 4) is 5.75 Å². The SMILES string of the molecule is CCOc1cc2n[nH]c(C)c2cc1N. The molecule has 0 unspecified atom stereocenters. The highest BCUT2D eigenvalue weighted by Gasteiger charge is 2.06. The van der Waals surface area contributed by atoms with E-state index in [1.807, 2.05) is 26.0 Å². The molecule has 1 aromatic heterocycles. The molecule has 14 heavy (non-hydrogen) atoms. The number of nitrogens with one attached hydrogen (secondary N) is 1. The van der Waals surface area contributed by atoms with Gasteiger partial charge in [0.15, 0.2) is 0 Å². The maximum Gasteiger partial charge on any atom is 0.144 e. The van der Waals surface area contributed by atoms with Gasteiger partial charge in [-0.25, -0.2) is 0 Å². The Bertz CT molecular complexity index is 462. The molecular weight excluding hydrogens is 178 g/mol. The van der Waals surface area contributed by atoms with E-state index in [1.165, 1.54) is 0 Å². The van der Waals surface area contributed by atoms with Crippen molar-refractivity contribution in [1.82, 2.24) is 10.2 Å². The lowest BCUT2D eigenvalue weighted by atomic mass is 10.2. The van der Waals surface area contributed by atoms with Gasteiger partial charge in [-0.05, 0) is 19.9 Å². The summed E-state index contributed by atoms with van der Waals surface area (Å²) in [6.45, 7) is 4.51. The van der Waals surface area contributed by atoms with Gasteiger partial charge in [-0.3, -0.25) is 5.10 Å². The second kappa shape index (κ2) is 3.21. The third kappa shape index (κ3) is 1.28. The Morgan fingerprint density at radius 3 is 3.00 bits per heavy atom. The molecule has 0 saturated carbocycles. The zero-order valence-corrected chi connectivity index (χ0v) is 8.29. The number of benzene rings is 1. The first kappa shape index (κ1) is 8.87. The van der Waals surface area contributed by atoms with Crippen molar-refractivity contribution in [1.29, 1.82) is 0 Å². The van der Waals surface area contributed by atoms with E-state index >= 15 is 0 Å². The molecule has 0 aliphatic rings. The number of hydrogen-bond acceptors (Lipinski definition) is 3. The Balaban J connectivity index is 2.60. The van der Waals surface area contributed by atoms with E-state index in [4.69, 9.17) is 10.5 Å². The predicted molar refractivity (Wildman–Crippen MR) is 56.4 cm³/mol. The third-order valence-electron chi connectivity index (χ3n) is 2.18. The van der Waals surface area contributed by atoms with Crippen LogP contribution in [0.5, 0.6) is 5.75 Å². The van der Waals surface area contributed by atoms with E-state index in [1.54, 1.807) is 0 Å². The summed E-state index contributed by atoms with van der Waals surface area (Å²) in [7, 11) is 0. The van der Waals surface area contributed by atoms with E-state index in [9.17, 15) is 0 Å². The molecule has 0 saturated heterocycles. The first-order valence-corrected chi connectivity index (χ1v) is 4.59. The monoisotopic (exact) mass is 191 g/mol. The number of ether oxygens (including phenoxy) is 1. The number of hydrogen-bond donors (Lipinski definition) is 2. The molecule has 74 valence electrons. The van der Waals surface area contributed by atoms with Crippen LogP contribution >= 0.6 is 0 Å². The number of aromatic nitrogens is 2. The molecule has 0 aliphatic heterocycles. The lowest BCUT2D eigenvalue weighted by Gasteiger charge is -2.05. The molecular formula is C10H13N3O. The molecule has 2 rings (SSSR count). The summed E-state index contributed by atoms with van der Waals surface area (Å²) in [4.78, 5) is 0. The quantitative estimate of drug-likeness (QED) is 0.712. The van der Waals surface area contributed by atoms with Gasteiger partial charge in [-0.15, -0.1) is 0 Å². The van der Waals surface area contributed by atoms with Gasteiger partial charge in [0.1, 0.15) is 5.75 Å². The molecule has 1 aromatic carbocycles. The highest BCUT2D eigenvalue weighted by Crippen LogP contribution is 2.28. The van der Waals surface area contributed by atoms with Crippen LogP contribution in [-0.4, -0.2) is 16.8 Å². The molecule has 3 N–H and O–H groups in total. The molecule has 1 heterocycles. The van der Waals surface area contributed by atoms with Gasteiger partial charge in [0.2, 0.25) is 0 Å². The second-order valence-electron chi connectivity index (χ2n) is 3.19. The van der Waals surface area contributed by atoms with E-state index in [-0.39, 0.29) is 0 Å². The Labute approximate surface area is 82.1 Å². The Hall–Kier alpha value is -1.71. The first-order chi connectivity index (χ1) is 6.72. The summed E-state index contributed by atoms with van der Waals surface area (Å²) < 4.78 is 5.38. The largest absolute Gasteiger partial charge is 0.492 e. The molecule has 4 heteroatoms. The van der Waals surface area contributed by atoms with E-state index in [2.05, 4.69) is 10.2 Å². The van der Waals surface area contributed by atoms with Gasteiger partial charge in [0.25, 0.3) is 0 Å². The summed E-state index contributed by atoms with van der Waals surface area (Å²) in [5.41, 5.74) is 8.40. The first-order valence-electron chi connectivity index (χ1n) is 4.59. The zero-order valence-electron chi connectivity index (χ0n) is 8.29. The van der Waals surface area contributed by atoms with Crippen LogP contribution in [0, 0.1) is 6.92 Å². The van der Waals surface area contributed by atoms with Gasteiger partial charge in [-0.2, -0.15) is 5.10 Å². The molecule has 0 fully saturated rings. The van der Waals surface area contributed by atoms with E-state index < -0.39 is 0 Å². The number of H-pyrrole nitrogens is 1. The van der Waals surface area contributed by atoms with Crippen LogP contribution in [0.15, 0.2) is 12.1 Å². The molecule has 0 atom stereocenters. The number of nitrogens with zero attached hydrogens (tertiary/aromatic N) is 1. The summed E-state index contributed by atoms with van der Waals surface area (Å²) in [5, 5.41) is 8.10. The van der Waals surface area contributed by atoms with Crippen molar-refractivity contribution >= 4 is 16.6 Å². The number of nitrogens with two attached hydrogens (primary N) is 1. The van der Waals surface area contributed by atoms with Crippen LogP contribution in [0.3, 0.4) is 0 Å². The standard InChI is InChI=1S/C10H13N3O/c1-3-14-10-5-9-7(4-8(10)11)6(2)12-13-9/h4-5H,3,11H2,1-2H3,(H,12,13). The Morgan fingerprint density at radius 1 is 1.50 bits per heavy atom. The highest BCUT2D eigenvalue weighted by molar-refractivity contribution is 5.87. The fourth-order valence-corrected chi connectivity index (χ4v) is 1.46. The number of anilines is 1. The second-order valence-corrected chi connectivity index (χ2v) is 3.19. The van der Waals surface area contributed by atoms with Crippen LogP contribution in [0.25, 0.3) is 10.9 Å². The minimum Gasteiger partial charge on any atom is -0.492 e. The minimum absolute atomic E-state index is 0.610. The van der Waals surface area contributed by atoms with Crippen molar-refractivity contribution in [2.24, 2.45) is 0 Å². The molecule has 2 aromatic rings. The van der Waals surface area contributed by atoms with Crippen molar-refractivity contribution in [2.45, 2.75) is 13.8 Å². The Kier molecular flexibility index (Phi) is 2.04. The number of nitrogen functional groups attached to an aromatic ring is 1. The van der Waals surface area contributed by atoms with Gasteiger partial charge < -0.3 is 10.5 Å². The minimum atomic E-state index is 0.610. The maximum atomic E-state index is 5.83. The average molecular weight is 191 g/mol. The lowest BCUT2D eigenvalue weighted by Crippen LogP contribution is -1.96. The zero-order chi connectivity index (χ0) is 10.1.